The number of methoxy groups -OCH3 is 1. The molecule has 0 saturated heterocycles. The number of imide groups is 1. The molecule has 0 aliphatic heterocycles. The largest absolute Gasteiger partial charge is 0.493 e. The van der Waals surface area contributed by atoms with Crippen LogP contribution in [0.15, 0.2) is 18.2 Å². The van der Waals surface area contributed by atoms with Crippen molar-refractivity contribution in [3.63, 3.8) is 0 Å². The van der Waals surface area contributed by atoms with Gasteiger partial charge in [0.25, 0.3) is 11.8 Å². The van der Waals surface area contributed by atoms with E-state index in [0.717, 1.165) is 25.0 Å². The molecular formula is C17H19F2N3O7. The molecule has 0 aromatic heterocycles. The summed E-state index contributed by atoms with van der Waals surface area (Å²) in [6, 6.07) is 2.87. The Morgan fingerprint density at radius 1 is 1.17 bits per heavy atom. The first kappa shape index (κ1) is 21.9. The lowest BCUT2D eigenvalue weighted by Gasteiger charge is -2.11. The number of nitrogens with one attached hydrogen (secondary N) is 3. The van der Waals surface area contributed by atoms with Crippen molar-refractivity contribution >= 4 is 23.8 Å². The van der Waals surface area contributed by atoms with Crippen molar-refractivity contribution in [1.29, 1.82) is 0 Å². The number of hydrogen-bond donors (Lipinski definition) is 3. The van der Waals surface area contributed by atoms with Crippen LogP contribution in [0.3, 0.4) is 0 Å². The number of halogens is 2. The van der Waals surface area contributed by atoms with Gasteiger partial charge in [0.2, 0.25) is 0 Å². The Hall–Kier alpha value is -3.44. The van der Waals surface area contributed by atoms with Crippen molar-refractivity contribution in [3.8, 4) is 11.5 Å². The fourth-order valence-corrected chi connectivity index (χ4v) is 2.07. The maximum atomic E-state index is 12.3. The monoisotopic (exact) mass is 415 g/mol. The van der Waals surface area contributed by atoms with Crippen molar-refractivity contribution in [3.05, 3.63) is 23.8 Å². The fraction of sp³-hybridized carbons (Fsp3) is 0.412. The molecule has 0 bridgehead atoms. The number of urea groups is 1. The SMILES string of the molecule is COc1cc(C(=O)NCC(=O)OCC(=O)NC(=O)NC2CC2)ccc1OC(F)F. The molecule has 2 rings (SSSR count). The third kappa shape index (κ3) is 7.60. The van der Waals surface area contributed by atoms with E-state index in [2.05, 4.69) is 20.1 Å². The van der Waals surface area contributed by atoms with Crippen LogP contribution in [0.2, 0.25) is 0 Å². The van der Waals surface area contributed by atoms with Crippen molar-refractivity contribution < 1.29 is 42.2 Å². The molecule has 0 unspecified atom stereocenters. The summed E-state index contributed by atoms with van der Waals surface area (Å²) in [6.07, 6.45) is 1.70. The second kappa shape index (κ2) is 10.2. The van der Waals surface area contributed by atoms with E-state index in [9.17, 15) is 28.0 Å². The van der Waals surface area contributed by atoms with Gasteiger partial charge in [-0.3, -0.25) is 19.7 Å². The number of benzene rings is 1. The average Bonchev–Trinajstić information content (AvgIpc) is 3.48. The van der Waals surface area contributed by atoms with E-state index in [-0.39, 0.29) is 23.1 Å². The summed E-state index contributed by atoms with van der Waals surface area (Å²) in [5.41, 5.74) is 0.0192. The zero-order valence-electron chi connectivity index (χ0n) is 15.3. The minimum atomic E-state index is -3.06. The van der Waals surface area contributed by atoms with Crippen LogP contribution in [-0.4, -0.2) is 56.7 Å². The van der Waals surface area contributed by atoms with Crippen LogP contribution in [0.25, 0.3) is 0 Å². The molecule has 1 aromatic rings. The highest BCUT2D eigenvalue weighted by Gasteiger charge is 2.24. The van der Waals surface area contributed by atoms with Crippen LogP contribution in [-0.2, 0) is 14.3 Å². The van der Waals surface area contributed by atoms with Gasteiger partial charge < -0.3 is 24.8 Å². The van der Waals surface area contributed by atoms with Crippen LogP contribution in [0.1, 0.15) is 23.2 Å². The topological polar surface area (TPSA) is 132 Å². The van der Waals surface area contributed by atoms with Crippen LogP contribution >= 0.6 is 0 Å². The Morgan fingerprint density at radius 3 is 2.52 bits per heavy atom. The van der Waals surface area contributed by atoms with Crippen LogP contribution in [0.5, 0.6) is 11.5 Å². The minimum absolute atomic E-state index is 0.0192. The number of carbonyl (C=O) groups is 4. The maximum Gasteiger partial charge on any atom is 0.387 e. The quantitative estimate of drug-likeness (QED) is 0.502. The second-order valence-electron chi connectivity index (χ2n) is 5.88. The lowest BCUT2D eigenvalue weighted by molar-refractivity contribution is -0.147. The number of rotatable bonds is 9. The first-order chi connectivity index (χ1) is 13.8. The van der Waals surface area contributed by atoms with Gasteiger partial charge in [-0.2, -0.15) is 8.78 Å². The van der Waals surface area contributed by atoms with E-state index in [0.29, 0.717) is 0 Å². The number of hydrogen-bond acceptors (Lipinski definition) is 7. The third-order valence-corrected chi connectivity index (χ3v) is 3.56. The van der Waals surface area contributed by atoms with Gasteiger partial charge in [-0.05, 0) is 31.0 Å². The van der Waals surface area contributed by atoms with E-state index in [1.807, 2.05) is 5.32 Å². The van der Waals surface area contributed by atoms with E-state index in [4.69, 9.17) is 4.74 Å². The molecule has 4 amide bonds. The molecule has 158 valence electrons. The highest BCUT2D eigenvalue weighted by molar-refractivity contribution is 5.97. The van der Waals surface area contributed by atoms with E-state index >= 15 is 0 Å². The number of ether oxygens (including phenoxy) is 3. The van der Waals surface area contributed by atoms with Gasteiger partial charge in [0, 0.05) is 11.6 Å². The van der Waals surface area contributed by atoms with Gasteiger partial charge in [0.1, 0.15) is 6.54 Å². The average molecular weight is 415 g/mol. The summed E-state index contributed by atoms with van der Waals surface area (Å²) in [4.78, 5) is 46.5. The first-order valence-electron chi connectivity index (χ1n) is 8.45. The number of amides is 4. The molecule has 12 heteroatoms. The van der Waals surface area contributed by atoms with Gasteiger partial charge in [-0.25, -0.2) is 4.79 Å². The van der Waals surface area contributed by atoms with E-state index < -0.39 is 43.6 Å². The molecule has 0 atom stereocenters. The van der Waals surface area contributed by atoms with Gasteiger partial charge in [0.05, 0.1) is 7.11 Å². The van der Waals surface area contributed by atoms with Crippen molar-refractivity contribution in [1.82, 2.24) is 16.0 Å². The summed E-state index contributed by atoms with van der Waals surface area (Å²) in [6.45, 7) is -4.31. The number of alkyl halides is 2. The number of esters is 1. The predicted octanol–water partition coefficient (Wildman–Crippen LogP) is 0.558. The Labute approximate surface area is 163 Å². The summed E-state index contributed by atoms with van der Waals surface area (Å²) in [5, 5.41) is 6.76. The summed E-state index contributed by atoms with van der Waals surface area (Å²) < 4.78 is 38.4. The Kier molecular flexibility index (Phi) is 7.69. The van der Waals surface area contributed by atoms with Gasteiger partial charge in [0.15, 0.2) is 18.1 Å². The first-order valence-corrected chi connectivity index (χ1v) is 8.45. The highest BCUT2D eigenvalue weighted by atomic mass is 19.3. The van der Waals surface area contributed by atoms with Crippen LogP contribution in [0, 0.1) is 0 Å². The van der Waals surface area contributed by atoms with Crippen molar-refractivity contribution in [2.45, 2.75) is 25.5 Å². The lowest BCUT2D eigenvalue weighted by Crippen LogP contribution is -2.42. The molecule has 1 aliphatic rings. The molecule has 10 nitrogen and oxygen atoms in total. The molecular weight excluding hydrogens is 396 g/mol. The summed E-state index contributed by atoms with van der Waals surface area (Å²) >= 11 is 0. The highest BCUT2D eigenvalue weighted by Crippen LogP contribution is 2.29. The molecule has 3 N–H and O–H groups in total. The zero-order valence-corrected chi connectivity index (χ0v) is 15.3. The smallest absolute Gasteiger partial charge is 0.387 e. The number of carbonyl (C=O) groups excluding carboxylic acids is 4. The minimum Gasteiger partial charge on any atom is -0.493 e. The standard InChI is InChI=1S/C17H19F2N3O7/c1-27-12-6-9(2-5-11(12)29-16(18)19)15(25)20-7-14(24)28-8-13(23)22-17(26)21-10-3-4-10/h2,5-6,10,16H,3-4,7-8H2,1H3,(H,20,25)(H2,21,22,23,26). The van der Waals surface area contributed by atoms with Crippen LogP contribution in [0.4, 0.5) is 13.6 Å². The zero-order chi connectivity index (χ0) is 21.4. The summed E-state index contributed by atoms with van der Waals surface area (Å²) in [7, 11) is 1.21. The molecule has 1 aromatic carbocycles. The summed E-state index contributed by atoms with van der Waals surface area (Å²) in [5.74, 6) is -2.79. The molecule has 1 aliphatic carbocycles. The van der Waals surface area contributed by atoms with Crippen LogP contribution < -0.4 is 25.4 Å². The Balaban J connectivity index is 1.75. The molecule has 1 fully saturated rings. The van der Waals surface area contributed by atoms with Crippen molar-refractivity contribution in [2.75, 3.05) is 20.3 Å². The molecule has 1 saturated carbocycles. The predicted molar refractivity (Wildman–Crippen MR) is 92.6 cm³/mol. The Morgan fingerprint density at radius 2 is 1.90 bits per heavy atom. The molecule has 0 heterocycles. The molecule has 0 radical (unpaired) electrons. The van der Waals surface area contributed by atoms with E-state index in [1.54, 1.807) is 0 Å². The normalized spacial score (nSPS) is 12.7. The van der Waals surface area contributed by atoms with Gasteiger partial charge in [-0.15, -0.1) is 0 Å². The lowest BCUT2D eigenvalue weighted by atomic mass is 10.2. The second-order valence-corrected chi connectivity index (χ2v) is 5.88. The molecule has 29 heavy (non-hydrogen) atoms. The Bertz CT molecular complexity index is 784. The van der Waals surface area contributed by atoms with E-state index in [1.165, 1.54) is 13.2 Å². The third-order valence-electron chi connectivity index (χ3n) is 3.56. The van der Waals surface area contributed by atoms with Gasteiger partial charge >= 0.3 is 18.6 Å². The van der Waals surface area contributed by atoms with Gasteiger partial charge in [-0.1, -0.05) is 0 Å². The maximum absolute atomic E-state index is 12.3. The molecule has 0 spiro atoms. The fourth-order valence-electron chi connectivity index (χ4n) is 2.07. The van der Waals surface area contributed by atoms with Crippen molar-refractivity contribution in [2.24, 2.45) is 0 Å².